The summed E-state index contributed by atoms with van der Waals surface area (Å²) < 4.78 is 1.39. The van der Waals surface area contributed by atoms with E-state index in [1.807, 2.05) is 6.07 Å². The van der Waals surface area contributed by atoms with Gasteiger partial charge in [-0.15, -0.1) is 0 Å². The largest absolute Gasteiger partial charge is 0.382 e. The highest BCUT2D eigenvalue weighted by molar-refractivity contribution is 5.90. The van der Waals surface area contributed by atoms with Gasteiger partial charge in [0.05, 0.1) is 6.20 Å². The van der Waals surface area contributed by atoms with E-state index in [4.69, 9.17) is 16.7 Å². The van der Waals surface area contributed by atoms with Crippen LogP contribution in [-0.4, -0.2) is 25.4 Å². The molecule has 0 fully saturated rings. The molecule has 0 bridgehead atoms. The number of nitrogens with zero attached hydrogens (tertiary/aromatic N) is 5. The molecule has 0 aliphatic heterocycles. The minimum atomic E-state index is -0.648. The number of aromatic nitrogens is 4. The first-order valence-electron chi connectivity index (χ1n) is 4.48. The maximum atomic E-state index is 10.9. The Labute approximate surface area is 95.5 Å². The molecule has 2 aromatic heterocycles. The zero-order chi connectivity index (χ0) is 12.4. The van der Waals surface area contributed by atoms with Crippen molar-refractivity contribution in [2.24, 2.45) is 5.73 Å². The fourth-order valence-electron chi connectivity index (χ4n) is 1.16. The van der Waals surface area contributed by atoms with Crippen molar-refractivity contribution in [2.75, 3.05) is 5.73 Å². The minimum absolute atomic E-state index is 0.0619. The van der Waals surface area contributed by atoms with E-state index in [0.717, 1.165) is 0 Å². The van der Waals surface area contributed by atoms with Crippen LogP contribution >= 0.6 is 0 Å². The molecule has 0 aromatic carbocycles. The van der Waals surface area contributed by atoms with Crippen molar-refractivity contribution < 1.29 is 4.79 Å². The van der Waals surface area contributed by atoms with Crippen LogP contribution in [0.5, 0.6) is 0 Å². The van der Waals surface area contributed by atoms with Crippen molar-refractivity contribution in [3.05, 3.63) is 30.0 Å². The van der Waals surface area contributed by atoms with E-state index in [2.05, 4.69) is 15.0 Å². The number of hydrogen-bond acceptors (Lipinski definition) is 6. The lowest BCUT2D eigenvalue weighted by Gasteiger charge is -2.01. The fraction of sp³-hybridized carbons (Fsp3) is 0. The Morgan fingerprint density at radius 2 is 2.24 bits per heavy atom. The Balaban J connectivity index is 2.43. The lowest BCUT2D eigenvalue weighted by molar-refractivity contribution is 0.0996. The number of imidazole rings is 1. The maximum Gasteiger partial charge on any atom is 0.268 e. The molecule has 0 saturated heterocycles. The summed E-state index contributed by atoms with van der Waals surface area (Å²) in [4.78, 5) is 22.4. The van der Waals surface area contributed by atoms with Gasteiger partial charge in [-0.1, -0.05) is 0 Å². The van der Waals surface area contributed by atoms with Crippen LogP contribution in [0.1, 0.15) is 16.1 Å². The average molecular weight is 229 g/mol. The number of primary amides is 1. The molecule has 0 saturated carbocycles. The molecule has 4 N–H and O–H groups in total. The fourth-order valence-corrected chi connectivity index (χ4v) is 1.16. The van der Waals surface area contributed by atoms with E-state index in [9.17, 15) is 4.79 Å². The number of nitrogens with two attached hydrogens (primary N) is 2. The van der Waals surface area contributed by atoms with Crippen molar-refractivity contribution in [3.63, 3.8) is 0 Å². The third kappa shape index (κ3) is 1.89. The number of hydrogen-bond donors (Lipinski definition) is 2. The molecule has 0 aliphatic rings. The molecule has 0 aliphatic carbocycles. The Bertz CT molecular complexity index is 625. The predicted molar refractivity (Wildman–Crippen MR) is 56.8 cm³/mol. The van der Waals surface area contributed by atoms with Gasteiger partial charge in [-0.2, -0.15) is 10.2 Å². The van der Waals surface area contributed by atoms with Gasteiger partial charge in [-0.3, -0.25) is 9.36 Å². The normalized spacial score (nSPS) is 9.82. The van der Waals surface area contributed by atoms with Crippen LogP contribution in [0.4, 0.5) is 5.82 Å². The zero-order valence-electron chi connectivity index (χ0n) is 8.53. The van der Waals surface area contributed by atoms with Gasteiger partial charge >= 0.3 is 0 Å². The van der Waals surface area contributed by atoms with E-state index >= 15 is 0 Å². The molecule has 17 heavy (non-hydrogen) atoms. The van der Waals surface area contributed by atoms with Crippen LogP contribution in [0, 0.1) is 11.3 Å². The second-order valence-electron chi connectivity index (χ2n) is 3.11. The molecule has 2 aromatic rings. The van der Waals surface area contributed by atoms with Crippen LogP contribution < -0.4 is 11.5 Å². The molecule has 0 unspecified atom stereocenters. The van der Waals surface area contributed by atoms with Gasteiger partial charge in [0.2, 0.25) is 5.95 Å². The van der Waals surface area contributed by atoms with Crippen molar-refractivity contribution in [3.8, 4) is 12.0 Å². The number of nitriles is 1. The lowest BCUT2D eigenvalue weighted by atomic mass is 10.3. The van der Waals surface area contributed by atoms with E-state index in [1.165, 1.54) is 23.3 Å². The molecule has 0 atom stereocenters. The third-order valence-electron chi connectivity index (χ3n) is 1.99. The molecule has 8 nitrogen and oxygen atoms in total. The SMILES string of the molecule is N#Cc1cnc(-n2cnc(C(N)=O)c2)nc1N. The monoisotopic (exact) mass is 229 g/mol. The highest BCUT2D eigenvalue weighted by Gasteiger charge is 2.09. The first kappa shape index (κ1) is 10.6. The van der Waals surface area contributed by atoms with Gasteiger partial charge in [-0.05, 0) is 0 Å². The van der Waals surface area contributed by atoms with E-state index in [1.54, 1.807) is 0 Å². The van der Waals surface area contributed by atoms with Crippen molar-refractivity contribution >= 4 is 11.7 Å². The summed E-state index contributed by atoms with van der Waals surface area (Å²) in [5.74, 6) is -0.376. The second kappa shape index (κ2) is 3.90. The van der Waals surface area contributed by atoms with Crippen LogP contribution in [0.15, 0.2) is 18.7 Å². The molecule has 2 rings (SSSR count). The van der Waals surface area contributed by atoms with Crippen molar-refractivity contribution in [1.29, 1.82) is 5.26 Å². The summed E-state index contributed by atoms with van der Waals surface area (Å²) in [5, 5.41) is 8.67. The van der Waals surface area contributed by atoms with Crippen LogP contribution in [0.3, 0.4) is 0 Å². The van der Waals surface area contributed by atoms with E-state index < -0.39 is 5.91 Å². The molecule has 2 heterocycles. The van der Waals surface area contributed by atoms with Gasteiger partial charge in [0.15, 0.2) is 0 Å². The molecular formula is C9H7N7O. The summed E-state index contributed by atoms with van der Waals surface area (Å²) in [5.41, 5.74) is 10.9. The molecular weight excluding hydrogens is 222 g/mol. The molecule has 84 valence electrons. The standard InChI is InChI=1S/C9H7N7O/c10-1-5-2-13-9(15-7(5)11)16-3-6(8(12)17)14-4-16/h2-4H,(H2,12,17)(H2,11,13,15). The van der Waals surface area contributed by atoms with Gasteiger partial charge in [0.1, 0.15) is 29.5 Å². The summed E-state index contributed by atoms with van der Waals surface area (Å²) in [6.45, 7) is 0. The number of carbonyl (C=O) groups is 1. The summed E-state index contributed by atoms with van der Waals surface area (Å²) >= 11 is 0. The number of carbonyl (C=O) groups excluding carboxylic acids is 1. The summed E-state index contributed by atoms with van der Waals surface area (Å²) in [7, 11) is 0. The lowest BCUT2D eigenvalue weighted by Crippen LogP contribution is -2.11. The van der Waals surface area contributed by atoms with Gasteiger partial charge in [0, 0.05) is 6.20 Å². The molecule has 0 spiro atoms. The Kier molecular flexibility index (Phi) is 2.42. The van der Waals surface area contributed by atoms with E-state index in [-0.39, 0.29) is 23.0 Å². The number of rotatable bonds is 2. The number of anilines is 1. The first-order valence-corrected chi connectivity index (χ1v) is 4.48. The van der Waals surface area contributed by atoms with Crippen LogP contribution in [0.25, 0.3) is 5.95 Å². The number of nitrogen functional groups attached to an aromatic ring is 1. The Morgan fingerprint density at radius 3 is 2.76 bits per heavy atom. The van der Waals surface area contributed by atoms with E-state index in [0.29, 0.717) is 0 Å². The first-order chi connectivity index (χ1) is 8.11. The highest BCUT2D eigenvalue weighted by Crippen LogP contribution is 2.09. The van der Waals surface area contributed by atoms with Crippen molar-refractivity contribution in [1.82, 2.24) is 19.5 Å². The van der Waals surface area contributed by atoms with Crippen LogP contribution in [-0.2, 0) is 0 Å². The van der Waals surface area contributed by atoms with Crippen LogP contribution in [0.2, 0.25) is 0 Å². The Hall–Kier alpha value is -2.95. The molecule has 8 heteroatoms. The highest BCUT2D eigenvalue weighted by atomic mass is 16.1. The third-order valence-corrected chi connectivity index (χ3v) is 1.99. The average Bonchev–Trinajstić information content (AvgIpc) is 2.78. The van der Waals surface area contributed by atoms with Gasteiger partial charge in [0.25, 0.3) is 5.91 Å². The maximum absolute atomic E-state index is 10.9. The summed E-state index contributed by atoms with van der Waals surface area (Å²) in [6.07, 6.45) is 4.01. The minimum Gasteiger partial charge on any atom is -0.382 e. The Morgan fingerprint density at radius 1 is 1.47 bits per heavy atom. The zero-order valence-corrected chi connectivity index (χ0v) is 8.53. The molecule has 1 amide bonds. The topological polar surface area (TPSA) is 136 Å². The van der Waals surface area contributed by atoms with Gasteiger partial charge in [-0.25, -0.2) is 9.97 Å². The van der Waals surface area contributed by atoms with Gasteiger partial charge < -0.3 is 11.5 Å². The summed E-state index contributed by atoms with van der Waals surface area (Å²) in [6, 6.07) is 1.85. The number of amides is 1. The van der Waals surface area contributed by atoms with Crippen molar-refractivity contribution in [2.45, 2.75) is 0 Å². The smallest absolute Gasteiger partial charge is 0.268 e. The predicted octanol–water partition coefficient (Wildman–Crippen LogP) is -0.785. The second-order valence-corrected chi connectivity index (χ2v) is 3.11. The molecule has 0 radical (unpaired) electrons. The quantitative estimate of drug-likeness (QED) is 0.692.